The van der Waals surface area contributed by atoms with Gasteiger partial charge < -0.3 is 14.7 Å². The third kappa shape index (κ3) is 4.80. The number of rotatable bonds is 5. The highest BCUT2D eigenvalue weighted by atomic mass is 19.3. The molecule has 10 heteroatoms. The summed E-state index contributed by atoms with van der Waals surface area (Å²) in [5.41, 5.74) is 5.36. The number of halogens is 2. The number of fused-ring (bicyclic) bond motifs is 2. The molecule has 1 aromatic carbocycles. The Hall–Kier alpha value is -3.27. The highest BCUT2D eigenvalue weighted by molar-refractivity contribution is 5.78. The molecule has 40 heavy (non-hydrogen) atoms. The summed E-state index contributed by atoms with van der Waals surface area (Å²) in [4.78, 5) is 18.9. The van der Waals surface area contributed by atoms with Crippen molar-refractivity contribution < 1.29 is 13.6 Å². The molecule has 0 radical (unpaired) electrons. The minimum Gasteiger partial charge on any atom is -0.338 e. The zero-order valence-electron chi connectivity index (χ0n) is 23.9. The smallest absolute Gasteiger partial charge is 0.264 e. The first-order valence-electron chi connectivity index (χ1n) is 14.5. The van der Waals surface area contributed by atoms with Gasteiger partial charge in [-0.25, -0.2) is 8.78 Å². The molecular formula is C30H39F2N7O. The molecule has 1 saturated heterocycles. The van der Waals surface area contributed by atoms with Crippen molar-refractivity contribution in [2.24, 2.45) is 7.05 Å². The fraction of sp³-hybridized carbons (Fsp3) is 0.567. The molecule has 0 aliphatic carbocycles. The second kappa shape index (κ2) is 10.6. The maximum Gasteiger partial charge on any atom is 0.264 e. The Morgan fingerprint density at radius 3 is 2.50 bits per heavy atom. The number of piperidine rings is 1. The van der Waals surface area contributed by atoms with Gasteiger partial charge in [0, 0.05) is 86.9 Å². The van der Waals surface area contributed by atoms with Gasteiger partial charge in [0.1, 0.15) is 0 Å². The van der Waals surface area contributed by atoms with Crippen LogP contribution >= 0.6 is 0 Å². The molecule has 8 nitrogen and oxygen atoms in total. The van der Waals surface area contributed by atoms with E-state index in [4.69, 9.17) is 5.10 Å². The van der Waals surface area contributed by atoms with Crippen LogP contribution in [0.1, 0.15) is 74.9 Å². The van der Waals surface area contributed by atoms with Crippen LogP contribution in [-0.4, -0.2) is 67.5 Å². The second-order valence-electron chi connectivity index (χ2n) is 11.8. The predicted molar refractivity (Wildman–Crippen MR) is 151 cm³/mol. The first kappa shape index (κ1) is 26.9. The van der Waals surface area contributed by atoms with Crippen molar-refractivity contribution in [3.05, 3.63) is 46.9 Å². The summed E-state index contributed by atoms with van der Waals surface area (Å²) in [6, 6.07) is 4.42. The van der Waals surface area contributed by atoms with E-state index in [1.165, 1.54) is 5.69 Å². The minimum absolute atomic E-state index is 0.0124. The van der Waals surface area contributed by atoms with Crippen molar-refractivity contribution in [1.29, 1.82) is 0 Å². The van der Waals surface area contributed by atoms with Gasteiger partial charge in [-0.2, -0.15) is 10.2 Å². The number of nitrogens with zero attached hydrogens (tertiary/aromatic N) is 7. The summed E-state index contributed by atoms with van der Waals surface area (Å²) in [5, 5.41) is 9.46. The molecular weight excluding hydrogens is 512 g/mol. The summed E-state index contributed by atoms with van der Waals surface area (Å²) in [7, 11) is 1.79. The van der Waals surface area contributed by atoms with Crippen molar-refractivity contribution >= 4 is 17.4 Å². The van der Waals surface area contributed by atoms with Crippen LogP contribution in [0.3, 0.4) is 0 Å². The molecule has 214 valence electrons. The summed E-state index contributed by atoms with van der Waals surface area (Å²) in [6.45, 7) is 10.1. The van der Waals surface area contributed by atoms with Crippen LogP contribution in [0.2, 0.25) is 0 Å². The molecule has 1 fully saturated rings. The van der Waals surface area contributed by atoms with Gasteiger partial charge in [-0.05, 0) is 62.8 Å². The molecule has 0 atom stereocenters. The van der Waals surface area contributed by atoms with Crippen LogP contribution < -0.4 is 4.90 Å². The number of aryl methyl sites for hydroxylation is 2. The lowest BCUT2D eigenvalue weighted by molar-refractivity contribution is -0.129. The second-order valence-corrected chi connectivity index (χ2v) is 11.8. The maximum atomic E-state index is 14.5. The molecule has 0 saturated carbocycles. The van der Waals surface area contributed by atoms with E-state index in [-0.39, 0.29) is 11.5 Å². The topological polar surface area (TPSA) is 62.4 Å². The first-order chi connectivity index (χ1) is 19.2. The largest absolute Gasteiger partial charge is 0.338 e. The lowest BCUT2D eigenvalue weighted by Crippen LogP contribution is -2.40. The Balaban J connectivity index is 1.43. The van der Waals surface area contributed by atoms with Crippen LogP contribution in [0.25, 0.3) is 11.1 Å². The van der Waals surface area contributed by atoms with Gasteiger partial charge in [0.25, 0.3) is 6.43 Å². The van der Waals surface area contributed by atoms with Crippen LogP contribution in [0.4, 0.5) is 20.3 Å². The standard InChI is InChI=1S/C30H39F2N7O/c1-19(2)36-11-7-23(8-12-36)39-27-9-13-37(20(3)40)18-26(27)30(34-39)38-10-5-6-21-14-24(22-16-33-35(4)17-22)25(29(31)32)15-28(21)38/h14-17,19,23,29H,5-13,18H2,1-4H3. The van der Waals surface area contributed by atoms with E-state index in [0.717, 1.165) is 67.8 Å². The number of aromatic nitrogens is 4. The van der Waals surface area contributed by atoms with Crippen molar-refractivity contribution in [3.63, 3.8) is 0 Å². The molecule has 3 aliphatic rings. The van der Waals surface area contributed by atoms with Gasteiger partial charge in [0.15, 0.2) is 5.82 Å². The number of carbonyl (C=O) groups excluding carboxylic acids is 1. The maximum absolute atomic E-state index is 14.5. The van der Waals surface area contributed by atoms with Crippen molar-refractivity contribution in [3.8, 4) is 11.1 Å². The quantitative estimate of drug-likeness (QED) is 0.433. The molecule has 6 rings (SSSR count). The normalized spacial score (nSPS) is 18.5. The first-order valence-corrected chi connectivity index (χ1v) is 14.5. The fourth-order valence-corrected chi connectivity index (χ4v) is 6.72. The lowest BCUT2D eigenvalue weighted by Gasteiger charge is -2.35. The van der Waals surface area contributed by atoms with Gasteiger partial charge in [0.2, 0.25) is 5.91 Å². The number of amides is 1. The summed E-state index contributed by atoms with van der Waals surface area (Å²) in [6.07, 6.45) is 5.35. The molecule has 0 N–H and O–H groups in total. The molecule has 0 spiro atoms. The van der Waals surface area contributed by atoms with Crippen LogP contribution in [0.15, 0.2) is 24.5 Å². The summed E-state index contributed by atoms with van der Waals surface area (Å²) < 4.78 is 32.8. The Morgan fingerprint density at radius 2 is 1.85 bits per heavy atom. The number of alkyl halides is 2. The summed E-state index contributed by atoms with van der Waals surface area (Å²) in [5.74, 6) is 0.872. The number of benzene rings is 1. The van der Waals surface area contributed by atoms with E-state index in [1.807, 2.05) is 11.0 Å². The zero-order chi connectivity index (χ0) is 28.1. The Labute approximate surface area is 234 Å². The third-order valence-corrected chi connectivity index (χ3v) is 8.96. The predicted octanol–water partition coefficient (Wildman–Crippen LogP) is 5.26. The van der Waals surface area contributed by atoms with E-state index in [2.05, 4.69) is 33.4 Å². The van der Waals surface area contributed by atoms with Crippen LogP contribution in [0.5, 0.6) is 0 Å². The van der Waals surface area contributed by atoms with E-state index in [1.54, 1.807) is 37.1 Å². The molecule has 0 unspecified atom stereocenters. The number of carbonyl (C=O) groups is 1. The number of hydrogen-bond donors (Lipinski definition) is 0. The van der Waals surface area contributed by atoms with E-state index < -0.39 is 6.43 Å². The van der Waals surface area contributed by atoms with Gasteiger partial charge >= 0.3 is 0 Å². The van der Waals surface area contributed by atoms with Crippen molar-refractivity contribution in [2.75, 3.05) is 31.1 Å². The monoisotopic (exact) mass is 551 g/mol. The average molecular weight is 552 g/mol. The number of likely N-dealkylation sites (tertiary alicyclic amines) is 1. The van der Waals surface area contributed by atoms with Gasteiger partial charge in [-0.15, -0.1) is 0 Å². The van der Waals surface area contributed by atoms with Gasteiger partial charge in [-0.1, -0.05) is 0 Å². The average Bonchev–Trinajstić information content (AvgIpc) is 3.55. The van der Waals surface area contributed by atoms with Crippen molar-refractivity contribution in [2.45, 2.75) is 77.9 Å². The molecule has 5 heterocycles. The SMILES string of the molecule is CC(=O)N1CCc2c(c(N3CCCc4cc(-c5cnn(C)c5)c(C(F)F)cc43)nn2C2CCN(C(C)C)CC2)C1. The van der Waals surface area contributed by atoms with E-state index in [9.17, 15) is 13.6 Å². The van der Waals surface area contributed by atoms with Crippen molar-refractivity contribution in [1.82, 2.24) is 29.4 Å². The van der Waals surface area contributed by atoms with Gasteiger partial charge in [0.05, 0.1) is 18.8 Å². The van der Waals surface area contributed by atoms with E-state index >= 15 is 0 Å². The molecule has 2 aromatic heterocycles. The highest BCUT2D eigenvalue weighted by Gasteiger charge is 2.34. The molecule has 1 amide bonds. The Bertz CT molecular complexity index is 1400. The minimum atomic E-state index is -2.62. The zero-order valence-corrected chi connectivity index (χ0v) is 23.9. The number of hydrogen-bond acceptors (Lipinski definition) is 5. The Morgan fingerprint density at radius 1 is 1.07 bits per heavy atom. The molecule has 3 aromatic rings. The summed E-state index contributed by atoms with van der Waals surface area (Å²) >= 11 is 0. The molecule has 3 aliphatic heterocycles. The number of anilines is 2. The lowest BCUT2D eigenvalue weighted by atomic mass is 9.92. The van der Waals surface area contributed by atoms with Crippen LogP contribution in [0, 0.1) is 0 Å². The van der Waals surface area contributed by atoms with E-state index in [0.29, 0.717) is 42.8 Å². The third-order valence-electron chi connectivity index (χ3n) is 8.96. The highest BCUT2D eigenvalue weighted by Crippen LogP contribution is 2.43. The van der Waals surface area contributed by atoms with Gasteiger partial charge in [-0.3, -0.25) is 14.2 Å². The van der Waals surface area contributed by atoms with Crippen LogP contribution in [-0.2, 0) is 31.2 Å². The fourth-order valence-electron chi connectivity index (χ4n) is 6.72. The Kier molecular flexibility index (Phi) is 7.14. The molecule has 0 bridgehead atoms.